The van der Waals surface area contributed by atoms with Gasteiger partial charge in [-0.25, -0.2) is 0 Å². The average molecular weight is 345 g/mol. The Morgan fingerprint density at radius 3 is 2.73 bits per heavy atom. The molecule has 1 heterocycles. The second-order valence-electron chi connectivity index (χ2n) is 6.96. The standard InChI is InChI=1S/C22H23N3O/c1-15(2)12-20(22(26)25-11-9-23)18-5-3-4-16(13-18)17-6-7-21-19(14-17)8-10-24-21/h3-8,10,13-15,20,24H,11-12H2,1-2H3,(H,25,26)/t20-/m1/s1. The fourth-order valence-corrected chi connectivity index (χ4v) is 3.28. The Kier molecular flexibility index (Phi) is 5.38. The van der Waals surface area contributed by atoms with Crippen molar-refractivity contribution in [2.75, 3.05) is 6.54 Å². The van der Waals surface area contributed by atoms with Crippen LogP contribution in [0.5, 0.6) is 0 Å². The van der Waals surface area contributed by atoms with Crippen LogP contribution in [0, 0.1) is 17.2 Å². The Bertz CT molecular complexity index is 949. The van der Waals surface area contributed by atoms with Gasteiger partial charge in [-0.3, -0.25) is 4.79 Å². The molecule has 1 aromatic heterocycles. The molecule has 0 saturated carbocycles. The first-order valence-electron chi connectivity index (χ1n) is 8.90. The number of carbonyl (C=O) groups is 1. The number of amides is 1. The summed E-state index contributed by atoms with van der Waals surface area (Å²) in [7, 11) is 0. The number of nitrogens with zero attached hydrogens (tertiary/aromatic N) is 1. The van der Waals surface area contributed by atoms with Gasteiger partial charge in [-0.05, 0) is 52.6 Å². The topological polar surface area (TPSA) is 68.7 Å². The van der Waals surface area contributed by atoms with Gasteiger partial charge in [-0.15, -0.1) is 0 Å². The number of nitriles is 1. The van der Waals surface area contributed by atoms with E-state index in [1.54, 1.807) is 0 Å². The van der Waals surface area contributed by atoms with Gasteiger partial charge in [0.15, 0.2) is 0 Å². The maximum atomic E-state index is 12.6. The normalized spacial score (nSPS) is 12.1. The molecule has 0 aliphatic carbocycles. The van der Waals surface area contributed by atoms with Crippen LogP contribution >= 0.6 is 0 Å². The van der Waals surface area contributed by atoms with Crippen LogP contribution in [0.4, 0.5) is 0 Å². The predicted molar refractivity (Wildman–Crippen MR) is 105 cm³/mol. The lowest BCUT2D eigenvalue weighted by atomic mass is 9.88. The van der Waals surface area contributed by atoms with E-state index in [4.69, 9.17) is 5.26 Å². The van der Waals surface area contributed by atoms with Crippen molar-refractivity contribution in [3.05, 3.63) is 60.3 Å². The summed E-state index contributed by atoms with van der Waals surface area (Å²) in [5, 5.41) is 12.6. The van der Waals surface area contributed by atoms with E-state index in [9.17, 15) is 4.79 Å². The molecule has 2 N–H and O–H groups in total. The molecule has 0 spiro atoms. The van der Waals surface area contributed by atoms with Crippen molar-refractivity contribution < 1.29 is 4.79 Å². The average Bonchev–Trinajstić information content (AvgIpc) is 3.12. The Labute approximate surface area is 153 Å². The first-order valence-corrected chi connectivity index (χ1v) is 8.90. The van der Waals surface area contributed by atoms with Crippen LogP contribution in [-0.4, -0.2) is 17.4 Å². The monoisotopic (exact) mass is 345 g/mol. The van der Waals surface area contributed by atoms with Crippen molar-refractivity contribution in [3.63, 3.8) is 0 Å². The lowest BCUT2D eigenvalue weighted by molar-refractivity contribution is -0.122. The molecule has 2 aromatic carbocycles. The second kappa shape index (κ2) is 7.88. The summed E-state index contributed by atoms with van der Waals surface area (Å²) >= 11 is 0. The van der Waals surface area contributed by atoms with Gasteiger partial charge < -0.3 is 10.3 Å². The number of aromatic amines is 1. The minimum Gasteiger partial charge on any atom is -0.361 e. The SMILES string of the molecule is CC(C)C[C@@H](C(=O)NCC#N)c1cccc(-c2ccc3[nH]ccc3c2)c1. The number of nitrogens with one attached hydrogen (secondary N) is 2. The highest BCUT2D eigenvalue weighted by Gasteiger charge is 2.22. The molecule has 3 aromatic rings. The first kappa shape index (κ1) is 17.8. The van der Waals surface area contributed by atoms with Gasteiger partial charge in [0.25, 0.3) is 0 Å². The smallest absolute Gasteiger partial charge is 0.228 e. The highest BCUT2D eigenvalue weighted by molar-refractivity contribution is 5.86. The molecule has 1 atom stereocenters. The quantitative estimate of drug-likeness (QED) is 0.641. The summed E-state index contributed by atoms with van der Waals surface area (Å²) in [4.78, 5) is 15.8. The molecule has 0 unspecified atom stereocenters. The summed E-state index contributed by atoms with van der Waals surface area (Å²) < 4.78 is 0. The molecular formula is C22H23N3O. The van der Waals surface area contributed by atoms with E-state index in [0.717, 1.165) is 28.6 Å². The van der Waals surface area contributed by atoms with Gasteiger partial charge in [0.1, 0.15) is 6.54 Å². The molecule has 0 aliphatic heterocycles. The molecule has 0 bridgehead atoms. The van der Waals surface area contributed by atoms with Crippen LogP contribution in [0.1, 0.15) is 31.7 Å². The fraction of sp³-hybridized carbons (Fsp3) is 0.273. The van der Waals surface area contributed by atoms with Crippen molar-refractivity contribution in [2.24, 2.45) is 5.92 Å². The van der Waals surface area contributed by atoms with Gasteiger partial charge >= 0.3 is 0 Å². The Balaban J connectivity index is 1.94. The van der Waals surface area contributed by atoms with E-state index < -0.39 is 0 Å². The minimum absolute atomic E-state index is 0.0390. The van der Waals surface area contributed by atoms with Crippen molar-refractivity contribution in [1.29, 1.82) is 5.26 Å². The van der Waals surface area contributed by atoms with Gasteiger partial charge in [-0.1, -0.05) is 44.2 Å². The molecule has 4 nitrogen and oxygen atoms in total. The Hall–Kier alpha value is -3.06. The predicted octanol–water partition coefficient (Wildman–Crippen LogP) is 4.60. The summed E-state index contributed by atoms with van der Waals surface area (Å²) in [5.41, 5.74) is 4.31. The third kappa shape index (κ3) is 3.94. The lowest BCUT2D eigenvalue weighted by Gasteiger charge is -2.19. The Morgan fingerprint density at radius 2 is 1.96 bits per heavy atom. The zero-order valence-electron chi connectivity index (χ0n) is 15.1. The van der Waals surface area contributed by atoms with Crippen LogP contribution in [0.3, 0.4) is 0 Å². The van der Waals surface area contributed by atoms with Crippen LogP contribution in [0.25, 0.3) is 22.0 Å². The lowest BCUT2D eigenvalue weighted by Crippen LogP contribution is -2.30. The zero-order valence-corrected chi connectivity index (χ0v) is 15.1. The van der Waals surface area contributed by atoms with Crippen LogP contribution < -0.4 is 5.32 Å². The summed E-state index contributed by atoms with van der Waals surface area (Å²) in [5.74, 6) is 0.0467. The maximum absolute atomic E-state index is 12.6. The number of hydrogen-bond acceptors (Lipinski definition) is 2. The van der Waals surface area contributed by atoms with Gasteiger partial charge in [0, 0.05) is 11.7 Å². The van der Waals surface area contributed by atoms with E-state index >= 15 is 0 Å². The summed E-state index contributed by atoms with van der Waals surface area (Å²) in [6, 6.07) is 18.5. The molecule has 0 aliphatic rings. The molecule has 1 amide bonds. The maximum Gasteiger partial charge on any atom is 0.228 e. The molecule has 26 heavy (non-hydrogen) atoms. The van der Waals surface area contributed by atoms with Crippen molar-refractivity contribution in [1.82, 2.24) is 10.3 Å². The van der Waals surface area contributed by atoms with Crippen LogP contribution in [-0.2, 0) is 4.79 Å². The van der Waals surface area contributed by atoms with Gasteiger partial charge in [0.2, 0.25) is 5.91 Å². The zero-order chi connectivity index (χ0) is 18.5. The molecule has 0 saturated heterocycles. The van der Waals surface area contributed by atoms with Gasteiger partial charge in [0.05, 0.1) is 12.0 Å². The van der Waals surface area contributed by atoms with E-state index in [0.29, 0.717) is 5.92 Å². The molecule has 3 rings (SSSR count). The Morgan fingerprint density at radius 1 is 1.15 bits per heavy atom. The van der Waals surface area contributed by atoms with Crippen LogP contribution in [0.2, 0.25) is 0 Å². The highest BCUT2D eigenvalue weighted by atomic mass is 16.1. The largest absolute Gasteiger partial charge is 0.361 e. The molecule has 0 radical (unpaired) electrons. The van der Waals surface area contributed by atoms with E-state index in [2.05, 4.69) is 60.5 Å². The molecule has 0 fully saturated rings. The third-order valence-electron chi connectivity index (χ3n) is 4.54. The summed E-state index contributed by atoms with van der Waals surface area (Å²) in [6.07, 6.45) is 2.68. The number of aromatic nitrogens is 1. The first-order chi connectivity index (χ1) is 12.6. The number of hydrogen-bond donors (Lipinski definition) is 2. The number of carbonyl (C=O) groups excluding carboxylic acids is 1. The van der Waals surface area contributed by atoms with Gasteiger partial charge in [-0.2, -0.15) is 5.26 Å². The molecule has 4 heteroatoms. The number of benzene rings is 2. The van der Waals surface area contributed by atoms with Crippen molar-refractivity contribution in [3.8, 4) is 17.2 Å². The molecule has 132 valence electrons. The van der Waals surface area contributed by atoms with E-state index in [1.807, 2.05) is 24.4 Å². The van der Waals surface area contributed by atoms with Crippen molar-refractivity contribution in [2.45, 2.75) is 26.2 Å². The number of H-pyrrole nitrogens is 1. The molecular weight excluding hydrogens is 322 g/mol. The highest BCUT2D eigenvalue weighted by Crippen LogP contribution is 2.30. The fourth-order valence-electron chi connectivity index (χ4n) is 3.28. The third-order valence-corrected chi connectivity index (χ3v) is 4.54. The number of rotatable bonds is 6. The van der Waals surface area contributed by atoms with Crippen molar-refractivity contribution >= 4 is 16.8 Å². The minimum atomic E-state index is -0.251. The van der Waals surface area contributed by atoms with Crippen LogP contribution in [0.15, 0.2) is 54.7 Å². The number of fused-ring (bicyclic) bond motifs is 1. The van der Waals surface area contributed by atoms with E-state index in [1.165, 1.54) is 5.39 Å². The summed E-state index contributed by atoms with van der Waals surface area (Å²) in [6.45, 7) is 4.25. The second-order valence-corrected chi connectivity index (χ2v) is 6.96. The van der Waals surface area contributed by atoms with E-state index in [-0.39, 0.29) is 18.4 Å².